The van der Waals surface area contributed by atoms with Gasteiger partial charge in [0.1, 0.15) is 0 Å². The van der Waals surface area contributed by atoms with Crippen LogP contribution in [0.2, 0.25) is 0 Å². The third-order valence-corrected chi connectivity index (χ3v) is 7.65. The van der Waals surface area contributed by atoms with E-state index in [0.717, 1.165) is 17.8 Å². The highest BCUT2D eigenvalue weighted by atomic mass is 14.6. The van der Waals surface area contributed by atoms with Gasteiger partial charge in [0.15, 0.2) is 0 Å². The summed E-state index contributed by atoms with van der Waals surface area (Å²) >= 11 is 0. The fourth-order valence-corrected chi connectivity index (χ4v) is 6.60. The molecular weight excluding hydrogens is 240 g/mol. The Labute approximate surface area is 124 Å². The van der Waals surface area contributed by atoms with Gasteiger partial charge in [-0.2, -0.15) is 0 Å². The van der Waals surface area contributed by atoms with Gasteiger partial charge >= 0.3 is 0 Å². The second-order valence-electron chi connectivity index (χ2n) is 8.20. The number of fused-ring (bicyclic) bond motifs is 5. The van der Waals surface area contributed by atoms with Crippen LogP contribution in [0.4, 0.5) is 0 Å². The summed E-state index contributed by atoms with van der Waals surface area (Å²) in [4.78, 5) is 0. The van der Waals surface area contributed by atoms with E-state index in [-0.39, 0.29) is 5.41 Å². The van der Waals surface area contributed by atoms with Crippen LogP contribution < -0.4 is 0 Å². The molecule has 5 atom stereocenters. The highest BCUT2D eigenvalue weighted by molar-refractivity contribution is 5.26. The summed E-state index contributed by atoms with van der Waals surface area (Å²) in [6.07, 6.45) is 22.5. The molecule has 0 nitrogen and oxygen atoms in total. The van der Waals surface area contributed by atoms with Crippen molar-refractivity contribution in [1.82, 2.24) is 0 Å². The van der Waals surface area contributed by atoms with Crippen LogP contribution in [0.5, 0.6) is 0 Å². The van der Waals surface area contributed by atoms with Crippen LogP contribution in [0.1, 0.15) is 71.1 Å². The lowest BCUT2D eigenvalue weighted by molar-refractivity contribution is -0.00881. The zero-order valence-corrected chi connectivity index (χ0v) is 13.0. The largest absolute Gasteiger partial charge is 0.120 e. The van der Waals surface area contributed by atoms with E-state index >= 15 is 0 Å². The number of allylic oxidation sites excluding steroid dienone is 2. The van der Waals surface area contributed by atoms with Gasteiger partial charge in [-0.05, 0) is 74.5 Å². The van der Waals surface area contributed by atoms with Gasteiger partial charge in [0.2, 0.25) is 0 Å². The maximum atomic E-state index is 6.00. The molecule has 3 fully saturated rings. The summed E-state index contributed by atoms with van der Waals surface area (Å²) in [7, 11) is 0. The molecule has 4 aliphatic carbocycles. The zero-order chi connectivity index (χ0) is 13.8. The Kier molecular flexibility index (Phi) is 2.86. The second kappa shape index (κ2) is 4.40. The SMILES string of the molecule is C#CC12CCCC1C1CC=C3CCCCC3(C)C1CC2. The summed E-state index contributed by atoms with van der Waals surface area (Å²) in [5.41, 5.74) is 2.64. The van der Waals surface area contributed by atoms with E-state index in [2.05, 4.69) is 18.9 Å². The molecule has 3 saturated carbocycles. The monoisotopic (exact) mass is 268 g/mol. The fraction of sp³-hybridized carbons (Fsp3) is 0.800. The maximum absolute atomic E-state index is 6.00. The quantitative estimate of drug-likeness (QED) is 0.411. The normalized spacial score (nSPS) is 50.4. The first-order valence-corrected chi connectivity index (χ1v) is 8.87. The smallest absolute Gasteiger partial charge is 0.0343 e. The molecule has 0 aromatic rings. The Bertz CT molecular complexity index is 479. The molecule has 0 spiro atoms. The Morgan fingerprint density at radius 2 is 2.00 bits per heavy atom. The van der Waals surface area contributed by atoms with Crippen molar-refractivity contribution in [3.05, 3.63) is 11.6 Å². The van der Waals surface area contributed by atoms with Crippen LogP contribution in [0.3, 0.4) is 0 Å². The Hall–Kier alpha value is -0.700. The summed E-state index contributed by atoms with van der Waals surface area (Å²) in [6, 6.07) is 0. The third kappa shape index (κ3) is 1.56. The minimum absolute atomic E-state index is 0.289. The van der Waals surface area contributed by atoms with Crippen molar-refractivity contribution < 1.29 is 0 Å². The average Bonchev–Trinajstić information content (AvgIpc) is 2.91. The van der Waals surface area contributed by atoms with Gasteiger partial charge in [0.25, 0.3) is 0 Å². The topological polar surface area (TPSA) is 0 Å². The molecule has 0 aromatic heterocycles. The molecular formula is C20H28. The predicted octanol–water partition coefficient (Wildman–Crippen LogP) is 5.34. The van der Waals surface area contributed by atoms with Crippen LogP contribution in [0.15, 0.2) is 11.6 Å². The van der Waals surface area contributed by atoms with Gasteiger partial charge in [-0.1, -0.05) is 37.3 Å². The minimum atomic E-state index is 0.289. The van der Waals surface area contributed by atoms with Gasteiger partial charge in [-0.3, -0.25) is 0 Å². The molecule has 0 heteroatoms. The predicted molar refractivity (Wildman–Crippen MR) is 84.1 cm³/mol. The minimum Gasteiger partial charge on any atom is -0.120 e. The van der Waals surface area contributed by atoms with E-state index in [1.165, 1.54) is 64.2 Å². The van der Waals surface area contributed by atoms with Crippen LogP contribution in [-0.2, 0) is 0 Å². The van der Waals surface area contributed by atoms with Crippen molar-refractivity contribution in [2.24, 2.45) is 28.6 Å². The first-order valence-electron chi connectivity index (χ1n) is 8.87. The molecule has 0 amide bonds. The first-order chi connectivity index (χ1) is 9.70. The Morgan fingerprint density at radius 3 is 2.85 bits per heavy atom. The molecule has 0 aliphatic heterocycles. The highest BCUT2D eigenvalue weighted by Crippen LogP contribution is 2.64. The lowest BCUT2D eigenvalue weighted by atomic mass is 9.48. The average molecular weight is 268 g/mol. The van der Waals surface area contributed by atoms with Gasteiger partial charge in [-0.25, -0.2) is 0 Å². The van der Waals surface area contributed by atoms with Gasteiger partial charge in [-0.15, -0.1) is 6.42 Å². The lowest BCUT2D eigenvalue weighted by Gasteiger charge is -2.56. The molecule has 20 heavy (non-hydrogen) atoms. The maximum Gasteiger partial charge on any atom is 0.0343 e. The standard InChI is InChI=1S/C20H28/c1-3-20-13-6-8-18(20)16-10-9-15-7-4-5-12-19(15,2)17(16)11-14-20/h1,9,16-18H,4-8,10-14H2,2H3. The Morgan fingerprint density at radius 1 is 1.10 bits per heavy atom. The van der Waals surface area contributed by atoms with Crippen LogP contribution in [-0.4, -0.2) is 0 Å². The van der Waals surface area contributed by atoms with E-state index < -0.39 is 0 Å². The molecule has 0 bridgehead atoms. The van der Waals surface area contributed by atoms with Gasteiger partial charge < -0.3 is 0 Å². The van der Waals surface area contributed by atoms with E-state index in [1.807, 2.05) is 5.57 Å². The molecule has 0 radical (unpaired) electrons. The second-order valence-corrected chi connectivity index (χ2v) is 8.20. The van der Waals surface area contributed by atoms with Crippen molar-refractivity contribution in [2.45, 2.75) is 71.1 Å². The first kappa shape index (κ1) is 13.0. The van der Waals surface area contributed by atoms with Crippen LogP contribution in [0, 0.1) is 40.9 Å². The zero-order valence-electron chi connectivity index (χ0n) is 13.0. The van der Waals surface area contributed by atoms with Crippen molar-refractivity contribution >= 4 is 0 Å². The molecule has 0 saturated heterocycles. The molecule has 108 valence electrons. The van der Waals surface area contributed by atoms with Crippen molar-refractivity contribution in [2.75, 3.05) is 0 Å². The fourth-order valence-electron chi connectivity index (χ4n) is 6.60. The molecule has 4 rings (SSSR count). The van der Waals surface area contributed by atoms with E-state index in [0.29, 0.717) is 5.41 Å². The highest BCUT2D eigenvalue weighted by Gasteiger charge is 2.56. The summed E-state index contributed by atoms with van der Waals surface area (Å²) in [5.74, 6) is 5.95. The summed E-state index contributed by atoms with van der Waals surface area (Å²) in [5, 5.41) is 0. The Balaban J connectivity index is 1.71. The van der Waals surface area contributed by atoms with Crippen molar-refractivity contribution in [3.8, 4) is 12.3 Å². The van der Waals surface area contributed by atoms with Gasteiger partial charge in [0.05, 0.1) is 0 Å². The molecule has 5 unspecified atom stereocenters. The summed E-state index contributed by atoms with van der Waals surface area (Å²) in [6.45, 7) is 2.59. The number of rotatable bonds is 0. The number of hydrogen-bond acceptors (Lipinski definition) is 0. The molecule has 0 aromatic carbocycles. The van der Waals surface area contributed by atoms with E-state index in [1.54, 1.807) is 0 Å². The third-order valence-electron chi connectivity index (χ3n) is 7.65. The molecule has 0 N–H and O–H groups in total. The van der Waals surface area contributed by atoms with Gasteiger partial charge in [0, 0.05) is 5.41 Å². The van der Waals surface area contributed by atoms with Crippen molar-refractivity contribution in [1.29, 1.82) is 0 Å². The van der Waals surface area contributed by atoms with E-state index in [4.69, 9.17) is 6.42 Å². The lowest BCUT2D eigenvalue weighted by Crippen LogP contribution is -2.48. The number of terminal acetylenes is 1. The van der Waals surface area contributed by atoms with Crippen molar-refractivity contribution in [3.63, 3.8) is 0 Å². The molecule has 0 heterocycles. The number of hydrogen-bond donors (Lipinski definition) is 0. The summed E-state index contributed by atoms with van der Waals surface area (Å²) < 4.78 is 0. The molecule has 4 aliphatic rings. The van der Waals surface area contributed by atoms with Crippen LogP contribution in [0.25, 0.3) is 0 Å². The van der Waals surface area contributed by atoms with Crippen LogP contribution >= 0.6 is 0 Å². The van der Waals surface area contributed by atoms with E-state index in [9.17, 15) is 0 Å².